The van der Waals surface area contributed by atoms with Gasteiger partial charge < -0.3 is 16.2 Å². The van der Waals surface area contributed by atoms with E-state index in [0.717, 1.165) is 47.8 Å². The lowest BCUT2D eigenvalue weighted by molar-refractivity contribution is -0.135. The van der Waals surface area contributed by atoms with Crippen LogP contribution >= 0.6 is 12.4 Å². The second-order valence-electron chi connectivity index (χ2n) is 10.7. The molecule has 1 fully saturated rings. The normalized spacial score (nSPS) is 16.7. The Morgan fingerprint density at radius 2 is 1.76 bits per heavy atom. The van der Waals surface area contributed by atoms with Crippen molar-refractivity contribution < 1.29 is 19.1 Å². The number of carbonyl (C=O) groups excluding carboxylic acids is 3. The molecule has 5 N–H and O–H groups in total. The number of imidazole rings is 1. The third-order valence-electron chi connectivity index (χ3n) is 7.73. The Morgan fingerprint density at radius 3 is 2.44 bits per heavy atom. The highest BCUT2D eigenvalue weighted by Crippen LogP contribution is 2.26. The van der Waals surface area contributed by atoms with Gasteiger partial charge in [-0.3, -0.25) is 28.8 Å². The number of nitrogens with two attached hydrogens (primary N) is 2. The Morgan fingerprint density at radius 1 is 1.07 bits per heavy atom. The van der Waals surface area contributed by atoms with Gasteiger partial charge in [0.25, 0.3) is 0 Å². The first-order valence-corrected chi connectivity index (χ1v) is 13.9. The van der Waals surface area contributed by atoms with E-state index in [9.17, 15) is 19.2 Å². The summed E-state index contributed by atoms with van der Waals surface area (Å²) in [5.41, 5.74) is 16.0. The van der Waals surface area contributed by atoms with Crippen LogP contribution in [0.4, 0.5) is 0 Å². The number of hydrogen-bond acceptors (Lipinski definition) is 6. The van der Waals surface area contributed by atoms with Gasteiger partial charge in [0.1, 0.15) is 6.04 Å². The summed E-state index contributed by atoms with van der Waals surface area (Å²) in [4.78, 5) is 48.1. The molecule has 3 amide bonds. The fourth-order valence-electron chi connectivity index (χ4n) is 5.29. The Bertz CT molecular complexity index is 1430. The smallest absolute Gasteiger partial charge is 0.329 e. The average molecular weight is 586 g/mol. The van der Waals surface area contributed by atoms with Crippen LogP contribution in [0.5, 0.6) is 0 Å². The van der Waals surface area contributed by atoms with Crippen LogP contribution in [0.15, 0.2) is 47.3 Å². The van der Waals surface area contributed by atoms with Gasteiger partial charge in [0.2, 0.25) is 17.7 Å². The second kappa shape index (κ2) is 14.4. The second-order valence-corrected chi connectivity index (χ2v) is 10.7. The Hall–Kier alpha value is -3.47. The van der Waals surface area contributed by atoms with Crippen LogP contribution in [-0.2, 0) is 45.6 Å². The third kappa shape index (κ3) is 7.84. The number of aromatic nitrogens is 2. The molecule has 2 aromatic carbocycles. The van der Waals surface area contributed by atoms with Crippen LogP contribution < -0.4 is 22.5 Å². The lowest BCUT2D eigenvalue weighted by Gasteiger charge is -2.22. The van der Waals surface area contributed by atoms with E-state index in [-0.39, 0.29) is 54.9 Å². The molecule has 41 heavy (non-hydrogen) atoms. The first-order valence-electron chi connectivity index (χ1n) is 13.9. The number of nitrogens with one attached hydrogen (secondary N) is 1. The first kappa shape index (κ1) is 32.0. The van der Waals surface area contributed by atoms with Crippen LogP contribution in [0.3, 0.4) is 0 Å². The minimum atomic E-state index is -0.681. The number of amides is 3. The van der Waals surface area contributed by atoms with E-state index < -0.39 is 11.9 Å². The van der Waals surface area contributed by atoms with Crippen molar-refractivity contribution in [2.24, 2.45) is 18.5 Å². The molecule has 0 radical (unpaired) electrons. The van der Waals surface area contributed by atoms with Gasteiger partial charge in [0.15, 0.2) is 0 Å². The molecule has 3 aromatic rings. The van der Waals surface area contributed by atoms with Gasteiger partial charge in [-0.15, -0.1) is 12.4 Å². The summed E-state index contributed by atoms with van der Waals surface area (Å²) in [5, 5.41) is 2.36. The zero-order valence-electron chi connectivity index (χ0n) is 23.6. The number of primary amides is 1. The zero-order valence-corrected chi connectivity index (χ0v) is 24.5. The van der Waals surface area contributed by atoms with Crippen molar-refractivity contribution >= 4 is 41.2 Å². The molecule has 1 unspecified atom stereocenters. The number of ether oxygens (including phenoxy) is 1. The lowest BCUT2D eigenvalue weighted by atomic mass is 10.0. The maximum atomic E-state index is 13.1. The number of aryl methyl sites for hydroxylation is 3. The summed E-state index contributed by atoms with van der Waals surface area (Å²) in [7, 11) is 1.73. The van der Waals surface area contributed by atoms with E-state index in [2.05, 4.69) is 29.6 Å². The number of halogens is 1. The van der Waals surface area contributed by atoms with Gasteiger partial charge >= 0.3 is 5.69 Å². The first-order chi connectivity index (χ1) is 19.2. The molecule has 222 valence electrons. The summed E-state index contributed by atoms with van der Waals surface area (Å²) < 4.78 is 9.01. The van der Waals surface area contributed by atoms with E-state index >= 15 is 0 Å². The highest BCUT2D eigenvalue weighted by atomic mass is 35.5. The predicted molar refractivity (Wildman–Crippen MR) is 160 cm³/mol. The van der Waals surface area contributed by atoms with Gasteiger partial charge in [-0.25, -0.2) is 4.79 Å². The number of rotatable bonds is 13. The van der Waals surface area contributed by atoms with Crippen molar-refractivity contribution in [1.82, 2.24) is 14.5 Å². The van der Waals surface area contributed by atoms with Crippen molar-refractivity contribution in [3.05, 3.63) is 69.6 Å². The van der Waals surface area contributed by atoms with Crippen LogP contribution in [-0.4, -0.2) is 39.0 Å². The Balaban J connectivity index is 0.00000462. The number of piperidine rings is 1. The molecule has 1 saturated heterocycles. The van der Waals surface area contributed by atoms with Crippen molar-refractivity contribution in [3.8, 4) is 0 Å². The number of benzene rings is 2. The Labute approximate surface area is 245 Å². The van der Waals surface area contributed by atoms with Crippen molar-refractivity contribution in [3.63, 3.8) is 0 Å². The summed E-state index contributed by atoms with van der Waals surface area (Å²) in [6, 6.07) is 13.2. The predicted octanol–water partition coefficient (Wildman–Crippen LogP) is 2.80. The average Bonchev–Trinajstić information content (AvgIpc) is 3.19. The summed E-state index contributed by atoms with van der Waals surface area (Å²) >= 11 is 0. The maximum Gasteiger partial charge on any atom is 0.329 e. The van der Waals surface area contributed by atoms with Gasteiger partial charge in [0, 0.05) is 25.9 Å². The molecule has 1 aliphatic rings. The number of unbranched alkanes of at least 4 members (excludes halogenated alkanes) is 1. The van der Waals surface area contributed by atoms with E-state index in [1.807, 2.05) is 25.1 Å². The minimum Gasteiger partial charge on any atom is -0.372 e. The molecule has 2 heterocycles. The number of fused-ring (bicyclic) bond motifs is 1. The van der Waals surface area contributed by atoms with Crippen LogP contribution in [0.25, 0.3) is 11.0 Å². The van der Waals surface area contributed by atoms with Gasteiger partial charge in [-0.05, 0) is 68.2 Å². The maximum absolute atomic E-state index is 13.1. The van der Waals surface area contributed by atoms with Gasteiger partial charge in [-0.1, -0.05) is 36.4 Å². The molecule has 10 nitrogen and oxygen atoms in total. The molecule has 0 bridgehead atoms. The molecule has 0 spiro atoms. The van der Waals surface area contributed by atoms with Crippen LogP contribution in [0.2, 0.25) is 0 Å². The number of nitrogens with zero attached hydrogens (tertiary/aromatic N) is 2. The minimum absolute atomic E-state index is 0. The molecule has 4 rings (SSSR count). The van der Waals surface area contributed by atoms with Gasteiger partial charge in [0.05, 0.1) is 23.7 Å². The van der Waals surface area contributed by atoms with Crippen molar-refractivity contribution in [2.45, 2.75) is 83.1 Å². The molecule has 11 heteroatoms. The molecule has 3 atom stereocenters. The Kier molecular flexibility index (Phi) is 11.3. The lowest BCUT2D eigenvalue weighted by Crippen LogP contribution is -2.44. The highest BCUT2D eigenvalue weighted by Gasteiger charge is 2.31. The monoisotopic (exact) mass is 585 g/mol. The van der Waals surface area contributed by atoms with Crippen molar-refractivity contribution in [2.75, 3.05) is 0 Å². The molecule has 1 aliphatic heterocycles. The number of imide groups is 1. The van der Waals surface area contributed by atoms with E-state index in [0.29, 0.717) is 19.4 Å². The van der Waals surface area contributed by atoms with E-state index in [1.54, 1.807) is 11.6 Å². The molecular weight excluding hydrogens is 546 g/mol. The third-order valence-corrected chi connectivity index (χ3v) is 7.73. The summed E-state index contributed by atoms with van der Waals surface area (Å²) in [5.74, 6) is -1.08. The standard InChI is InChI=1S/C30H39N5O5.ClH/c1-19(23(31)14-16-26(32)36)40-18-21-12-10-20(11-13-21)6-3-4-7-22-8-5-9-24-28(22)34(2)30(39)35(24)25-15-17-27(37)33-29(25)38;/h5,8-13,19,23,25H,3-4,6-7,14-18,31H2,1-2H3,(H2,32,36)(H,33,37,38);1H/t19-,23+,25?;/m1./s1. The van der Waals surface area contributed by atoms with Crippen LogP contribution in [0.1, 0.15) is 68.2 Å². The fraction of sp³-hybridized carbons (Fsp3) is 0.467. The van der Waals surface area contributed by atoms with Crippen LogP contribution in [0, 0.1) is 0 Å². The SMILES string of the molecule is C[C@@H](OCc1ccc(CCCCc2cccc3c2n(C)c(=O)n3C2CCC(=O)NC2=O)cc1)[C@@H](N)CCC(N)=O.Cl. The fourth-order valence-corrected chi connectivity index (χ4v) is 5.29. The zero-order chi connectivity index (χ0) is 28.8. The molecular formula is C30H40ClN5O5. The summed E-state index contributed by atoms with van der Waals surface area (Å²) in [6.07, 6.45) is 4.80. The van der Waals surface area contributed by atoms with Gasteiger partial charge in [-0.2, -0.15) is 0 Å². The quantitative estimate of drug-likeness (QED) is 0.207. The number of hydrogen-bond donors (Lipinski definition) is 3. The molecule has 1 aromatic heterocycles. The number of carbonyl (C=O) groups is 3. The number of para-hydroxylation sites is 1. The summed E-state index contributed by atoms with van der Waals surface area (Å²) in [6.45, 7) is 2.36. The largest absolute Gasteiger partial charge is 0.372 e. The highest BCUT2D eigenvalue weighted by molar-refractivity contribution is 6.00. The van der Waals surface area contributed by atoms with E-state index in [1.165, 1.54) is 10.1 Å². The van der Waals surface area contributed by atoms with E-state index in [4.69, 9.17) is 16.2 Å². The van der Waals surface area contributed by atoms with Crippen molar-refractivity contribution in [1.29, 1.82) is 0 Å². The molecule has 0 aliphatic carbocycles. The molecule has 0 saturated carbocycles. The topological polar surface area (TPSA) is 151 Å².